The molecule has 2 aromatic rings. The summed E-state index contributed by atoms with van der Waals surface area (Å²) < 4.78 is 2.03. The monoisotopic (exact) mass is 260 g/mol. The highest BCUT2D eigenvalue weighted by molar-refractivity contribution is 5.49. The van der Waals surface area contributed by atoms with Crippen molar-refractivity contribution in [1.29, 1.82) is 0 Å². The number of rotatable bonds is 5. The van der Waals surface area contributed by atoms with Crippen LogP contribution in [0.15, 0.2) is 18.7 Å². The predicted octanol–water partition coefficient (Wildman–Crippen LogP) is 1.47. The van der Waals surface area contributed by atoms with Crippen LogP contribution in [0, 0.1) is 13.8 Å². The minimum atomic E-state index is 0.730. The SMILES string of the molecule is Cc1nc(N(C)C)nc(NCCn2ccnc2)c1C. The van der Waals surface area contributed by atoms with Gasteiger partial charge in [-0.25, -0.2) is 9.97 Å². The van der Waals surface area contributed by atoms with Gasteiger partial charge >= 0.3 is 0 Å². The molecule has 0 fully saturated rings. The third-order valence-corrected chi connectivity index (χ3v) is 3.00. The molecule has 2 aromatic heterocycles. The summed E-state index contributed by atoms with van der Waals surface area (Å²) in [5.74, 6) is 1.63. The summed E-state index contributed by atoms with van der Waals surface area (Å²) in [6, 6.07) is 0. The van der Waals surface area contributed by atoms with Gasteiger partial charge in [-0.1, -0.05) is 0 Å². The molecule has 0 radical (unpaired) electrons. The molecule has 2 heterocycles. The lowest BCUT2D eigenvalue weighted by atomic mass is 10.2. The smallest absolute Gasteiger partial charge is 0.227 e. The normalized spacial score (nSPS) is 10.5. The van der Waals surface area contributed by atoms with E-state index in [1.165, 1.54) is 0 Å². The van der Waals surface area contributed by atoms with Crippen molar-refractivity contribution < 1.29 is 0 Å². The first kappa shape index (κ1) is 13.3. The summed E-state index contributed by atoms with van der Waals surface area (Å²) >= 11 is 0. The van der Waals surface area contributed by atoms with E-state index in [0.29, 0.717) is 0 Å². The van der Waals surface area contributed by atoms with E-state index in [-0.39, 0.29) is 0 Å². The maximum absolute atomic E-state index is 4.53. The average Bonchev–Trinajstić information content (AvgIpc) is 2.87. The van der Waals surface area contributed by atoms with Crippen LogP contribution >= 0.6 is 0 Å². The number of aryl methyl sites for hydroxylation is 1. The van der Waals surface area contributed by atoms with Crippen molar-refractivity contribution in [2.24, 2.45) is 0 Å². The molecule has 19 heavy (non-hydrogen) atoms. The maximum atomic E-state index is 4.53. The summed E-state index contributed by atoms with van der Waals surface area (Å²) in [7, 11) is 3.89. The minimum absolute atomic E-state index is 0.730. The first-order chi connectivity index (χ1) is 9.08. The molecule has 0 unspecified atom stereocenters. The molecule has 0 amide bonds. The third kappa shape index (κ3) is 3.21. The minimum Gasteiger partial charge on any atom is -0.368 e. The van der Waals surface area contributed by atoms with Crippen LogP contribution in [0.4, 0.5) is 11.8 Å². The molecular weight excluding hydrogens is 240 g/mol. The van der Waals surface area contributed by atoms with Gasteiger partial charge in [0.1, 0.15) is 5.82 Å². The van der Waals surface area contributed by atoms with Crippen molar-refractivity contribution in [3.8, 4) is 0 Å². The molecule has 6 nitrogen and oxygen atoms in total. The molecule has 0 aromatic carbocycles. The fourth-order valence-electron chi connectivity index (χ4n) is 1.71. The van der Waals surface area contributed by atoms with Crippen molar-refractivity contribution in [3.05, 3.63) is 30.0 Å². The molecule has 0 aliphatic carbocycles. The zero-order chi connectivity index (χ0) is 13.8. The van der Waals surface area contributed by atoms with Crippen LogP contribution in [-0.4, -0.2) is 40.2 Å². The number of hydrogen-bond donors (Lipinski definition) is 1. The molecule has 0 aliphatic rings. The highest BCUT2D eigenvalue weighted by Gasteiger charge is 2.08. The van der Waals surface area contributed by atoms with Crippen LogP contribution in [0.5, 0.6) is 0 Å². The Kier molecular flexibility index (Phi) is 3.99. The first-order valence-corrected chi connectivity index (χ1v) is 6.30. The highest BCUT2D eigenvalue weighted by atomic mass is 15.2. The number of imidazole rings is 1. The van der Waals surface area contributed by atoms with Crippen molar-refractivity contribution in [1.82, 2.24) is 19.5 Å². The Balaban J connectivity index is 2.06. The van der Waals surface area contributed by atoms with E-state index in [1.807, 2.05) is 49.9 Å². The molecule has 0 saturated carbocycles. The fraction of sp³-hybridized carbons (Fsp3) is 0.462. The molecule has 0 spiro atoms. The largest absolute Gasteiger partial charge is 0.368 e. The lowest BCUT2D eigenvalue weighted by Crippen LogP contribution is -2.17. The third-order valence-electron chi connectivity index (χ3n) is 3.00. The van der Waals surface area contributed by atoms with Crippen LogP contribution in [-0.2, 0) is 6.54 Å². The summed E-state index contributed by atoms with van der Waals surface area (Å²) in [4.78, 5) is 14.9. The summed E-state index contributed by atoms with van der Waals surface area (Å²) in [6.07, 6.45) is 5.54. The number of anilines is 2. The van der Waals surface area contributed by atoms with Crippen LogP contribution in [0.3, 0.4) is 0 Å². The van der Waals surface area contributed by atoms with Gasteiger partial charge < -0.3 is 14.8 Å². The van der Waals surface area contributed by atoms with E-state index in [4.69, 9.17) is 0 Å². The van der Waals surface area contributed by atoms with Gasteiger partial charge in [0.2, 0.25) is 5.95 Å². The number of nitrogens with one attached hydrogen (secondary N) is 1. The zero-order valence-electron chi connectivity index (χ0n) is 11.9. The van der Waals surface area contributed by atoms with Crippen LogP contribution in [0.1, 0.15) is 11.3 Å². The van der Waals surface area contributed by atoms with Gasteiger partial charge in [-0.05, 0) is 13.8 Å². The van der Waals surface area contributed by atoms with E-state index in [9.17, 15) is 0 Å². The van der Waals surface area contributed by atoms with Gasteiger partial charge in [0.05, 0.1) is 6.33 Å². The van der Waals surface area contributed by atoms with Crippen molar-refractivity contribution >= 4 is 11.8 Å². The predicted molar refractivity (Wildman–Crippen MR) is 76.5 cm³/mol. The molecule has 0 aliphatic heterocycles. The van der Waals surface area contributed by atoms with Gasteiger partial charge in [-0.2, -0.15) is 4.98 Å². The maximum Gasteiger partial charge on any atom is 0.227 e. The molecule has 0 saturated heterocycles. The quantitative estimate of drug-likeness (QED) is 0.882. The standard InChI is InChI=1S/C13H20N6/c1-10-11(2)16-13(18(3)4)17-12(10)15-6-8-19-7-5-14-9-19/h5,7,9H,6,8H2,1-4H3,(H,15,16,17). The lowest BCUT2D eigenvalue weighted by Gasteiger charge is -2.16. The van der Waals surface area contributed by atoms with Crippen molar-refractivity contribution in [2.75, 3.05) is 30.9 Å². The first-order valence-electron chi connectivity index (χ1n) is 6.30. The van der Waals surface area contributed by atoms with Gasteiger partial charge in [-0.15, -0.1) is 0 Å². The van der Waals surface area contributed by atoms with E-state index < -0.39 is 0 Å². The van der Waals surface area contributed by atoms with E-state index in [0.717, 1.165) is 36.1 Å². The molecule has 0 atom stereocenters. The van der Waals surface area contributed by atoms with Gasteiger partial charge in [0.25, 0.3) is 0 Å². The lowest BCUT2D eigenvalue weighted by molar-refractivity contribution is 0.724. The Morgan fingerprint density at radius 2 is 2.05 bits per heavy atom. The average molecular weight is 260 g/mol. The number of aromatic nitrogens is 4. The topological polar surface area (TPSA) is 58.9 Å². The second-order valence-electron chi connectivity index (χ2n) is 4.70. The Morgan fingerprint density at radius 3 is 2.68 bits per heavy atom. The summed E-state index contributed by atoms with van der Waals surface area (Å²) in [5, 5.41) is 3.36. The van der Waals surface area contributed by atoms with Crippen molar-refractivity contribution in [3.63, 3.8) is 0 Å². The molecule has 6 heteroatoms. The van der Waals surface area contributed by atoms with Gasteiger partial charge in [0.15, 0.2) is 0 Å². The summed E-state index contributed by atoms with van der Waals surface area (Å²) in [5.41, 5.74) is 2.10. The van der Waals surface area contributed by atoms with E-state index >= 15 is 0 Å². The molecule has 0 bridgehead atoms. The summed E-state index contributed by atoms with van der Waals surface area (Å²) in [6.45, 7) is 5.71. The van der Waals surface area contributed by atoms with E-state index in [1.54, 1.807) is 6.20 Å². The van der Waals surface area contributed by atoms with Gasteiger partial charge in [-0.3, -0.25) is 0 Å². The highest BCUT2D eigenvalue weighted by Crippen LogP contribution is 2.17. The molecular formula is C13H20N6. The van der Waals surface area contributed by atoms with Crippen LogP contribution < -0.4 is 10.2 Å². The Labute approximate surface area is 113 Å². The zero-order valence-corrected chi connectivity index (χ0v) is 11.9. The molecule has 102 valence electrons. The Bertz CT molecular complexity index is 532. The number of hydrogen-bond acceptors (Lipinski definition) is 5. The second-order valence-corrected chi connectivity index (χ2v) is 4.70. The Hall–Kier alpha value is -2.11. The van der Waals surface area contributed by atoms with Crippen LogP contribution in [0.2, 0.25) is 0 Å². The second kappa shape index (κ2) is 5.69. The fourth-order valence-corrected chi connectivity index (χ4v) is 1.71. The van der Waals surface area contributed by atoms with E-state index in [2.05, 4.69) is 20.3 Å². The Morgan fingerprint density at radius 1 is 1.26 bits per heavy atom. The molecule has 1 N–H and O–H groups in total. The van der Waals surface area contributed by atoms with Crippen LogP contribution in [0.25, 0.3) is 0 Å². The molecule has 2 rings (SSSR count). The number of nitrogens with zero attached hydrogens (tertiary/aromatic N) is 5. The van der Waals surface area contributed by atoms with Gasteiger partial charge in [0, 0.05) is 50.8 Å². The van der Waals surface area contributed by atoms with Crippen molar-refractivity contribution in [2.45, 2.75) is 20.4 Å².